The van der Waals surface area contributed by atoms with Crippen molar-refractivity contribution in [1.29, 1.82) is 0 Å². The summed E-state index contributed by atoms with van der Waals surface area (Å²) in [7, 11) is 0. The van der Waals surface area contributed by atoms with E-state index < -0.39 is 0 Å². The van der Waals surface area contributed by atoms with Gasteiger partial charge in [0.2, 0.25) is 0 Å². The molecule has 1 aliphatic carbocycles. The Morgan fingerprint density at radius 1 is 0.517 bits per heavy atom. The summed E-state index contributed by atoms with van der Waals surface area (Å²) in [5, 5.41) is 15.2. The van der Waals surface area contributed by atoms with E-state index in [1.807, 2.05) is 0 Å². The molecule has 0 saturated carbocycles. The highest BCUT2D eigenvalue weighted by atomic mass is 14.9. The van der Waals surface area contributed by atoms with E-state index in [4.69, 9.17) is 0 Å². The SMILES string of the molecule is C1=c2c(n3c4c2cccc4c2cc4c5ccccc5c5cccc(c54)c23)=CCC1. The van der Waals surface area contributed by atoms with Crippen LogP contribution >= 0.6 is 0 Å². The summed E-state index contributed by atoms with van der Waals surface area (Å²) < 4.78 is 2.55. The number of fused-ring (bicyclic) bond motifs is 10. The fourth-order valence-corrected chi connectivity index (χ4v) is 6.00. The normalized spacial score (nSPS) is 14.5. The highest BCUT2D eigenvalue weighted by Gasteiger charge is 2.21. The molecule has 0 saturated heterocycles. The number of hydrogen-bond donors (Lipinski definition) is 0. The second-order valence-electron chi connectivity index (χ2n) is 8.42. The first-order valence-corrected chi connectivity index (χ1v) is 10.5. The number of hydrogen-bond acceptors (Lipinski definition) is 0. The Balaban J connectivity index is 1.82. The van der Waals surface area contributed by atoms with Crippen molar-refractivity contribution in [2.24, 2.45) is 0 Å². The highest BCUT2D eigenvalue weighted by Crippen LogP contribution is 2.44. The average molecular weight is 367 g/mol. The van der Waals surface area contributed by atoms with Crippen LogP contribution in [0.2, 0.25) is 0 Å². The Bertz CT molecular complexity index is 1900. The van der Waals surface area contributed by atoms with Gasteiger partial charge in [0.1, 0.15) is 0 Å². The third-order valence-electron chi connectivity index (χ3n) is 7.07. The molecule has 0 atom stereocenters. The smallest absolute Gasteiger partial charge is 0.0620 e. The second kappa shape index (κ2) is 4.69. The van der Waals surface area contributed by atoms with Crippen LogP contribution in [0.4, 0.5) is 0 Å². The molecule has 0 bridgehead atoms. The Labute approximate surface area is 166 Å². The van der Waals surface area contributed by atoms with E-state index in [1.54, 1.807) is 0 Å². The molecule has 1 nitrogen and oxygen atoms in total. The van der Waals surface area contributed by atoms with E-state index in [9.17, 15) is 0 Å². The summed E-state index contributed by atoms with van der Waals surface area (Å²) in [5.74, 6) is 0. The van der Waals surface area contributed by atoms with Crippen molar-refractivity contribution in [1.82, 2.24) is 4.40 Å². The summed E-state index contributed by atoms with van der Waals surface area (Å²) in [5.41, 5.74) is 2.76. The fourth-order valence-electron chi connectivity index (χ4n) is 6.00. The number of aromatic nitrogens is 1. The first kappa shape index (κ1) is 14.4. The van der Waals surface area contributed by atoms with Crippen molar-refractivity contribution >= 4 is 71.7 Å². The molecule has 1 aliphatic rings. The third kappa shape index (κ3) is 1.50. The van der Waals surface area contributed by atoms with Gasteiger partial charge in [-0.3, -0.25) is 0 Å². The molecule has 0 N–H and O–H groups in total. The zero-order valence-electron chi connectivity index (χ0n) is 15.9. The maximum atomic E-state index is 2.55. The number of benzene rings is 4. The third-order valence-corrected chi connectivity index (χ3v) is 7.07. The topological polar surface area (TPSA) is 4.41 Å². The summed E-state index contributed by atoms with van der Waals surface area (Å²) in [4.78, 5) is 0. The molecule has 2 aromatic heterocycles. The van der Waals surface area contributed by atoms with Crippen LogP contribution in [-0.2, 0) is 0 Å². The van der Waals surface area contributed by atoms with Gasteiger partial charge in [0.25, 0.3) is 0 Å². The molecule has 2 heterocycles. The minimum atomic E-state index is 1.13. The first-order valence-electron chi connectivity index (χ1n) is 10.5. The monoisotopic (exact) mass is 367 g/mol. The summed E-state index contributed by atoms with van der Waals surface area (Å²) >= 11 is 0. The largest absolute Gasteiger partial charge is 0.308 e. The molecular weight excluding hydrogens is 350 g/mol. The van der Waals surface area contributed by atoms with Crippen molar-refractivity contribution in [2.75, 3.05) is 0 Å². The van der Waals surface area contributed by atoms with Gasteiger partial charge < -0.3 is 4.40 Å². The fraction of sp³-hybridized carbons (Fsp3) is 0.0714. The van der Waals surface area contributed by atoms with Gasteiger partial charge >= 0.3 is 0 Å². The molecule has 1 heteroatoms. The van der Waals surface area contributed by atoms with Gasteiger partial charge in [-0.25, -0.2) is 0 Å². The van der Waals surface area contributed by atoms with Gasteiger partial charge in [0.15, 0.2) is 0 Å². The van der Waals surface area contributed by atoms with Crippen LogP contribution in [0.1, 0.15) is 12.8 Å². The molecule has 0 radical (unpaired) electrons. The highest BCUT2D eigenvalue weighted by molar-refractivity contribution is 6.36. The van der Waals surface area contributed by atoms with Crippen molar-refractivity contribution < 1.29 is 0 Å². The average Bonchev–Trinajstić information content (AvgIpc) is 3.41. The van der Waals surface area contributed by atoms with E-state index in [0.717, 1.165) is 12.8 Å². The van der Waals surface area contributed by atoms with Gasteiger partial charge in [0, 0.05) is 32.1 Å². The van der Waals surface area contributed by atoms with E-state index in [-0.39, 0.29) is 0 Å². The van der Waals surface area contributed by atoms with Crippen LogP contribution in [0, 0.1) is 0 Å². The maximum Gasteiger partial charge on any atom is 0.0620 e. The summed E-state index contributed by atoms with van der Waals surface area (Å²) in [6.07, 6.45) is 7.13. The molecule has 7 aromatic rings. The predicted octanol–water partition coefficient (Wildman–Crippen LogP) is 5.94. The van der Waals surface area contributed by atoms with Gasteiger partial charge in [0.05, 0.1) is 11.0 Å². The molecule has 0 fully saturated rings. The molecule has 0 amide bonds. The van der Waals surface area contributed by atoms with Crippen LogP contribution in [0.3, 0.4) is 0 Å². The first-order chi connectivity index (χ1) is 14.4. The van der Waals surface area contributed by atoms with Gasteiger partial charge in [-0.2, -0.15) is 0 Å². The standard InChI is InChI=1S/C28H17N/c1-2-8-17-16(7-1)19-10-5-13-22-26(19)23(17)15-24-21-12-6-11-20-18-9-3-4-14-25(18)29(27(20)21)28(22)24/h1-2,5-15H,3-4H2. The molecule has 0 spiro atoms. The maximum absolute atomic E-state index is 2.55. The molecule has 8 rings (SSSR count). The summed E-state index contributed by atoms with van der Waals surface area (Å²) in [6.45, 7) is 0. The number of rotatable bonds is 0. The van der Waals surface area contributed by atoms with Gasteiger partial charge in [-0.1, -0.05) is 72.8 Å². The quantitative estimate of drug-likeness (QED) is 0.313. The van der Waals surface area contributed by atoms with Crippen molar-refractivity contribution in [3.63, 3.8) is 0 Å². The molecular formula is C28H17N. The molecule has 0 aliphatic heterocycles. The Hall–Kier alpha value is -3.58. The molecule has 5 aromatic carbocycles. The Kier molecular flexibility index (Phi) is 2.33. The predicted molar refractivity (Wildman–Crippen MR) is 125 cm³/mol. The van der Waals surface area contributed by atoms with E-state index in [2.05, 4.69) is 83.3 Å². The van der Waals surface area contributed by atoms with E-state index in [1.165, 1.54) is 70.1 Å². The second-order valence-corrected chi connectivity index (χ2v) is 8.42. The van der Waals surface area contributed by atoms with Gasteiger partial charge in [-0.05, 0) is 45.8 Å². The minimum Gasteiger partial charge on any atom is -0.308 e. The number of para-hydroxylation sites is 1. The zero-order chi connectivity index (χ0) is 18.7. The van der Waals surface area contributed by atoms with Crippen molar-refractivity contribution in [2.45, 2.75) is 12.8 Å². The Morgan fingerprint density at radius 2 is 1.17 bits per heavy atom. The van der Waals surface area contributed by atoms with Crippen LogP contribution in [-0.4, -0.2) is 4.40 Å². The molecule has 134 valence electrons. The van der Waals surface area contributed by atoms with Crippen molar-refractivity contribution in [3.8, 4) is 0 Å². The van der Waals surface area contributed by atoms with Crippen molar-refractivity contribution in [3.05, 3.63) is 77.3 Å². The van der Waals surface area contributed by atoms with E-state index >= 15 is 0 Å². The summed E-state index contributed by atoms with van der Waals surface area (Å²) in [6, 6.07) is 25.0. The lowest BCUT2D eigenvalue weighted by Gasteiger charge is -2.05. The van der Waals surface area contributed by atoms with Crippen LogP contribution in [0.25, 0.3) is 71.7 Å². The van der Waals surface area contributed by atoms with Crippen LogP contribution in [0.15, 0.2) is 66.7 Å². The lowest BCUT2D eigenvalue weighted by Crippen LogP contribution is -2.27. The van der Waals surface area contributed by atoms with Gasteiger partial charge in [-0.15, -0.1) is 0 Å². The molecule has 0 unspecified atom stereocenters. The van der Waals surface area contributed by atoms with Crippen LogP contribution in [0.5, 0.6) is 0 Å². The van der Waals surface area contributed by atoms with Crippen LogP contribution < -0.4 is 10.6 Å². The Morgan fingerprint density at radius 3 is 2.07 bits per heavy atom. The molecule has 29 heavy (non-hydrogen) atoms. The minimum absolute atomic E-state index is 1.13. The number of nitrogens with zero attached hydrogens (tertiary/aromatic N) is 1. The zero-order valence-corrected chi connectivity index (χ0v) is 15.9. The lowest BCUT2D eigenvalue weighted by atomic mass is 10.0. The van der Waals surface area contributed by atoms with E-state index in [0.29, 0.717) is 0 Å². The lowest BCUT2D eigenvalue weighted by molar-refractivity contribution is 1.09.